The number of hydrogen-bond donors (Lipinski definition) is 0. The molecule has 0 saturated carbocycles. The van der Waals surface area contributed by atoms with Crippen molar-refractivity contribution < 1.29 is 51.1 Å². The molecule has 0 rings (SSSR count). The van der Waals surface area contributed by atoms with Crippen molar-refractivity contribution in [3.63, 3.8) is 0 Å². The molecule has 0 unspecified atom stereocenters. The fourth-order valence-corrected chi connectivity index (χ4v) is 3.71. The minimum absolute atomic E-state index is 0. The maximum Gasteiger partial charge on any atom is 1.00 e. The first kappa shape index (κ1) is 16.4. The van der Waals surface area contributed by atoms with E-state index in [9.17, 15) is 21.6 Å². The maximum atomic E-state index is 11.7. The molecule has 0 heterocycles. The molecule has 0 atom stereocenters. The smallest absolute Gasteiger partial charge is 0.544 e. The van der Waals surface area contributed by atoms with Crippen molar-refractivity contribution in [3.05, 3.63) is 4.39 Å². The number of alkyl halides is 3. The van der Waals surface area contributed by atoms with Gasteiger partial charge in [-0.3, -0.25) is 0 Å². The monoisotopic (exact) mass is 243 g/mol. The number of halogens is 3. The average Bonchev–Trinajstić information content (AvgIpc) is 1.52. The van der Waals surface area contributed by atoms with Crippen molar-refractivity contribution >= 4 is 18.3 Å². The standard InChI is InChI=1S/C4H9F3NO2SSi.Na/c1-12(2,3)8-11(9,10)4(5,6)7;/h1-3H3;/q-1;+1. The van der Waals surface area contributed by atoms with E-state index in [2.05, 4.69) is 4.39 Å². The van der Waals surface area contributed by atoms with Crippen LogP contribution < -0.4 is 29.6 Å². The van der Waals surface area contributed by atoms with Crippen molar-refractivity contribution in [1.29, 1.82) is 0 Å². The summed E-state index contributed by atoms with van der Waals surface area (Å²) in [5, 5.41) is 0. The molecule has 0 spiro atoms. The van der Waals surface area contributed by atoms with Gasteiger partial charge in [0, 0.05) is 0 Å². The van der Waals surface area contributed by atoms with E-state index < -0.39 is 23.8 Å². The molecule has 0 aromatic heterocycles. The quantitative estimate of drug-likeness (QED) is 0.587. The molecule has 0 aliphatic heterocycles. The van der Waals surface area contributed by atoms with Gasteiger partial charge in [0.1, 0.15) is 0 Å². The van der Waals surface area contributed by atoms with Crippen LogP contribution >= 0.6 is 0 Å². The topological polar surface area (TPSA) is 48.2 Å². The second kappa shape index (κ2) is 4.62. The molecule has 0 N–H and O–H groups in total. The molecule has 0 aliphatic carbocycles. The Morgan fingerprint density at radius 1 is 1.15 bits per heavy atom. The SMILES string of the molecule is C[Si](C)(C)[N-]S(=O)(=O)C(F)(F)F.[Na+]. The molecule has 3 nitrogen and oxygen atoms in total. The Morgan fingerprint density at radius 3 is 1.54 bits per heavy atom. The van der Waals surface area contributed by atoms with E-state index >= 15 is 0 Å². The Balaban J connectivity index is 0. The number of sulfonamides is 1. The minimum atomic E-state index is -5.27. The number of rotatable bonds is 2. The molecular weight excluding hydrogens is 234 g/mol. The van der Waals surface area contributed by atoms with Crippen LogP contribution in [0.25, 0.3) is 4.39 Å². The summed E-state index contributed by atoms with van der Waals surface area (Å²) >= 11 is 0. The van der Waals surface area contributed by atoms with Gasteiger partial charge in [0.15, 0.2) is 10.0 Å². The van der Waals surface area contributed by atoms with Gasteiger partial charge in [0.2, 0.25) is 0 Å². The summed E-state index contributed by atoms with van der Waals surface area (Å²) in [6.07, 6.45) is 0. The van der Waals surface area contributed by atoms with Crippen LogP contribution in [0.15, 0.2) is 0 Å². The summed E-state index contributed by atoms with van der Waals surface area (Å²) in [6.45, 7) is 4.24. The van der Waals surface area contributed by atoms with Gasteiger partial charge in [-0.25, -0.2) is 8.42 Å². The summed E-state index contributed by atoms with van der Waals surface area (Å²) in [6, 6.07) is 0. The summed E-state index contributed by atoms with van der Waals surface area (Å²) < 4.78 is 58.7. The Labute approximate surface area is 98.5 Å². The van der Waals surface area contributed by atoms with E-state index in [1.54, 1.807) is 0 Å². The van der Waals surface area contributed by atoms with Gasteiger partial charge < -0.3 is 4.39 Å². The Morgan fingerprint density at radius 2 is 1.46 bits per heavy atom. The van der Waals surface area contributed by atoms with E-state index in [4.69, 9.17) is 0 Å². The van der Waals surface area contributed by atoms with Gasteiger partial charge in [0.05, 0.1) is 0 Å². The molecule has 13 heavy (non-hydrogen) atoms. The molecule has 9 heteroatoms. The second-order valence-electron chi connectivity index (χ2n) is 3.18. The normalized spacial score (nSPS) is 13.7. The second-order valence-corrected chi connectivity index (χ2v) is 9.67. The zero-order valence-electron chi connectivity index (χ0n) is 7.81. The van der Waals surface area contributed by atoms with Crippen LogP contribution in [0, 0.1) is 0 Å². The van der Waals surface area contributed by atoms with Gasteiger partial charge in [0.25, 0.3) is 0 Å². The first-order valence-corrected chi connectivity index (χ1v) is 7.90. The largest absolute Gasteiger partial charge is 1.00 e. The zero-order chi connectivity index (χ0) is 10.2. The zero-order valence-corrected chi connectivity index (χ0v) is 11.6. The van der Waals surface area contributed by atoms with Crippen LogP contribution in [0.3, 0.4) is 0 Å². The first-order valence-electron chi connectivity index (χ1n) is 3.01. The van der Waals surface area contributed by atoms with E-state index in [0.717, 1.165) is 0 Å². The minimum Gasteiger partial charge on any atom is -0.544 e. The molecule has 0 bridgehead atoms. The van der Waals surface area contributed by atoms with Gasteiger partial charge >= 0.3 is 35.1 Å². The summed E-state index contributed by atoms with van der Waals surface area (Å²) in [4.78, 5) is 0. The fraction of sp³-hybridized carbons (Fsp3) is 1.00. The van der Waals surface area contributed by atoms with Crippen LogP contribution in [0.5, 0.6) is 0 Å². The van der Waals surface area contributed by atoms with Gasteiger partial charge in [-0.05, 0) is 0 Å². The Kier molecular flexibility index (Phi) is 5.82. The molecular formula is C4H9F3NNaO2SSi. The van der Waals surface area contributed by atoms with Gasteiger partial charge in [-0.15, -0.1) is 0 Å². The van der Waals surface area contributed by atoms with E-state index in [1.807, 2.05) is 0 Å². The van der Waals surface area contributed by atoms with Crippen LogP contribution in [-0.2, 0) is 10.0 Å². The molecule has 0 amide bonds. The van der Waals surface area contributed by atoms with Crippen molar-refractivity contribution in [1.82, 2.24) is 0 Å². The van der Waals surface area contributed by atoms with E-state index in [-0.39, 0.29) is 29.6 Å². The average molecular weight is 243 g/mol. The molecule has 0 fully saturated rings. The van der Waals surface area contributed by atoms with Crippen LogP contribution in [0.2, 0.25) is 19.6 Å². The molecule has 0 aromatic rings. The van der Waals surface area contributed by atoms with Crippen molar-refractivity contribution in [2.45, 2.75) is 25.1 Å². The third-order valence-corrected chi connectivity index (χ3v) is 4.42. The van der Waals surface area contributed by atoms with Crippen molar-refractivity contribution in [2.75, 3.05) is 0 Å². The van der Waals surface area contributed by atoms with Crippen LogP contribution in [-0.4, -0.2) is 22.2 Å². The summed E-state index contributed by atoms with van der Waals surface area (Å²) in [5.41, 5.74) is -5.26. The van der Waals surface area contributed by atoms with Crippen molar-refractivity contribution in [2.24, 2.45) is 0 Å². The first-order chi connectivity index (χ1) is 4.96. The van der Waals surface area contributed by atoms with Crippen LogP contribution in [0.4, 0.5) is 13.2 Å². The summed E-state index contributed by atoms with van der Waals surface area (Å²) in [5.74, 6) is 0. The Bertz CT molecular complexity index is 258. The molecule has 0 aromatic carbocycles. The predicted molar refractivity (Wildman–Crippen MR) is 41.7 cm³/mol. The molecule has 74 valence electrons. The third-order valence-electron chi connectivity index (χ3n) is 0.687. The van der Waals surface area contributed by atoms with Crippen LogP contribution in [0.1, 0.15) is 0 Å². The number of nitrogens with zero attached hydrogens (tertiary/aromatic N) is 1. The third kappa shape index (κ3) is 6.08. The fourth-order valence-electron chi connectivity index (χ4n) is 0.412. The van der Waals surface area contributed by atoms with E-state index in [1.165, 1.54) is 19.6 Å². The maximum absolute atomic E-state index is 11.7. The summed E-state index contributed by atoms with van der Waals surface area (Å²) in [7, 11) is -7.85. The van der Waals surface area contributed by atoms with Gasteiger partial charge in [-0.2, -0.15) is 13.2 Å². The molecule has 0 aliphatic rings. The van der Waals surface area contributed by atoms with Crippen molar-refractivity contribution in [3.8, 4) is 0 Å². The Hall–Kier alpha value is 0.917. The van der Waals surface area contributed by atoms with Gasteiger partial charge in [-0.1, -0.05) is 27.9 Å². The number of hydrogen-bond acceptors (Lipinski definition) is 2. The molecule has 0 radical (unpaired) electrons. The van der Waals surface area contributed by atoms with E-state index in [0.29, 0.717) is 0 Å². The predicted octanol–water partition coefficient (Wildman–Crippen LogP) is -0.951. The molecule has 0 saturated heterocycles.